The quantitative estimate of drug-likeness (QED) is 0.0295. The van der Waals surface area contributed by atoms with Crippen LogP contribution in [-0.4, -0.2) is 117 Å². The van der Waals surface area contributed by atoms with Crippen molar-refractivity contribution in [3.8, 4) is 0 Å². The molecular weight excluding hydrogens is 753 g/mol. The van der Waals surface area contributed by atoms with E-state index in [0.29, 0.717) is 30.1 Å². The number of fused-ring (bicyclic) bond motifs is 2. The number of urea groups is 2. The number of Topliss-reactive ketones (excluding diaryl/α,β-unsaturated/α-hetero) is 1. The highest BCUT2D eigenvalue weighted by Crippen LogP contribution is 2.34. The third-order valence-corrected chi connectivity index (χ3v) is 11.8. The third-order valence-electron chi connectivity index (χ3n) is 8.09. The molecular formula is C28H48IN7O8S2. The molecule has 0 bridgehead atoms. The summed E-state index contributed by atoms with van der Waals surface area (Å²) < 4.78 is 11.0. The number of hydrogen-bond donors (Lipinski definition) is 8. The third kappa shape index (κ3) is 12.1. The van der Waals surface area contributed by atoms with E-state index >= 15 is 0 Å². The molecule has 0 spiro atoms. The fourth-order valence-corrected chi connectivity index (χ4v) is 9.17. The maximum absolute atomic E-state index is 12.8. The Kier molecular flexibility index (Phi) is 16.4. The van der Waals surface area contributed by atoms with E-state index in [0.717, 1.165) is 43.6 Å². The molecule has 1 unspecified atom stereocenters. The van der Waals surface area contributed by atoms with E-state index in [9.17, 15) is 24.0 Å². The second kappa shape index (κ2) is 19.4. The molecule has 4 saturated heterocycles. The molecule has 0 aromatic rings. The van der Waals surface area contributed by atoms with E-state index < -0.39 is 17.9 Å². The number of carbonyl (C=O) groups excluding carboxylic acids is 4. The van der Waals surface area contributed by atoms with Gasteiger partial charge in [0, 0.05) is 41.5 Å². The molecule has 46 heavy (non-hydrogen) atoms. The van der Waals surface area contributed by atoms with Crippen molar-refractivity contribution in [2.45, 2.75) is 105 Å². The molecule has 4 fully saturated rings. The molecule has 4 aliphatic rings. The topological polar surface area (TPSA) is 236 Å². The number of nitrogens with two attached hydrogens (primary N) is 2. The Bertz CT molecular complexity index is 1060. The molecule has 0 aliphatic carbocycles. The Morgan fingerprint density at radius 1 is 0.935 bits per heavy atom. The number of aliphatic carboxylic acids is 1. The second-order valence-corrected chi connectivity index (χ2v) is 15.0. The summed E-state index contributed by atoms with van der Waals surface area (Å²) in [7, 11) is 0. The van der Waals surface area contributed by atoms with Crippen LogP contribution in [0.25, 0.3) is 0 Å². The number of carboxylic acid groups (broad SMARTS) is 1. The van der Waals surface area contributed by atoms with Gasteiger partial charge in [0.15, 0.2) is 17.7 Å². The van der Waals surface area contributed by atoms with Gasteiger partial charge in [-0.05, 0) is 32.6 Å². The highest BCUT2D eigenvalue weighted by molar-refractivity contribution is 14.1. The maximum Gasteiger partial charge on any atom is 0.315 e. The zero-order valence-corrected chi connectivity index (χ0v) is 29.9. The van der Waals surface area contributed by atoms with E-state index in [1.54, 1.807) is 0 Å². The number of ketones is 1. The van der Waals surface area contributed by atoms with Gasteiger partial charge in [0.2, 0.25) is 5.91 Å². The molecule has 4 rings (SSSR count). The van der Waals surface area contributed by atoms with Gasteiger partial charge in [0.1, 0.15) is 0 Å². The first kappa shape index (κ1) is 38.9. The fraction of sp³-hybridized carbons (Fsp3) is 0.821. The highest BCUT2D eigenvalue weighted by Gasteiger charge is 2.44. The molecule has 7 atom stereocenters. The number of nitrogens with one attached hydrogen (secondary N) is 5. The number of hydrogen-bond acceptors (Lipinski definition) is 11. The van der Waals surface area contributed by atoms with Crippen molar-refractivity contribution in [2.75, 3.05) is 35.8 Å². The van der Waals surface area contributed by atoms with Gasteiger partial charge >= 0.3 is 18.0 Å². The average molecular weight is 802 g/mol. The Hall–Kier alpha value is -1.58. The smallest absolute Gasteiger partial charge is 0.315 e. The molecule has 4 heterocycles. The predicted octanol–water partition coefficient (Wildman–Crippen LogP) is 0.622. The SMILES string of the molecule is CCOCCOC(C(=O)CCCC[C@@H]1SC[C@@H]2NC(=O)N[C@@H]21)C(N)(N)NC(=O)CI.O=C(O)CCCC[C@@H]1SC[C@@H]2NC(=O)N[C@@H]21. The van der Waals surface area contributed by atoms with Crippen LogP contribution in [0.1, 0.15) is 58.3 Å². The molecule has 4 aliphatic heterocycles. The summed E-state index contributed by atoms with van der Waals surface area (Å²) in [6.45, 7) is 2.84. The fourth-order valence-electron chi connectivity index (χ4n) is 5.89. The molecule has 0 aromatic heterocycles. The summed E-state index contributed by atoms with van der Waals surface area (Å²) in [6, 6.07) is 0.675. The number of carboxylic acids is 1. The number of ether oxygens (including phenoxy) is 2. The van der Waals surface area contributed by atoms with Crippen molar-refractivity contribution in [3.63, 3.8) is 0 Å². The van der Waals surface area contributed by atoms with E-state index in [1.807, 2.05) is 53.0 Å². The van der Waals surface area contributed by atoms with E-state index in [4.69, 9.17) is 26.0 Å². The largest absolute Gasteiger partial charge is 0.481 e. The highest BCUT2D eigenvalue weighted by atomic mass is 127. The van der Waals surface area contributed by atoms with Gasteiger partial charge in [-0.25, -0.2) is 9.59 Å². The van der Waals surface area contributed by atoms with E-state index in [1.165, 1.54) is 0 Å². The zero-order valence-electron chi connectivity index (χ0n) is 26.1. The van der Waals surface area contributed by atoms with E-state index in [2.05, 4.69) is 26.6 Å². The molecule has 262 valence electrons. The number of alkyl halides is 1. The van der Waals surface area contributed by atoms with E-state index in [-0.39, 0.29) is 71.8 Å². The molecule has 10 N–H and O–H groups in total. The van der Waals surface area contributed by atoms with Gasteiger partial charge < -0.3 is 41.2 Å². The lowest BCUT2D eigenvalue weighted by atomic mass is 9.99. The van der Waals surface area contributed by atoms with Gasteiger partial charge in [0.25, 0.3) is 0 Å². The summed E-state index contributed by atoms with van der Waals surface area (Å²) >= 11 is 5.60. The number of unbranched alkanes of at least 4 members (excludes halogenated alkanes) is 2. The minimum Gasteiger partial charge on any atom is -0.481 e. The van der Waals surface area contributed by atoms with Crippen LogP contribution >= 0.6 is 46.1 Å². The van der Waals surface area contributed by atoms with Crippen molar-refractivity contribution in [2.24, 2.45) is 11.5 Å². The predicted molar refractivity (Wildman–Crippen MR) is 185 cm³/mol. The number of halogens is 1. The summed E-state index contributed by atoms with van der Waals surface area (Å²) in [6.07, 6.45) is 4.34. The first-order valence-electron chi connectivity index (χ1n) is 15.7. The Labute approximate surface area is 291 Å². The first-order chi connectivity index (χ1) is 21.9. The zero-order chi connectivity index (χ0) is 33.7. The lowest BCUT2D eigenvalue weighted by Crippen LogP contribution is -2.72. The van der Waals surface area contributed by atoms with Crippen LogP contribution in [0, 0.1) is 0 Å². The first-order valence-corrected chi connectivity index (χ1v) is 19.3. The van der Waals surface area contributed by atoms with Gasteiger partial charge in [-0.1, -0.05) is 35.4 Å². The maximum atomic E-state index is 12.8. The van der Waals surface area contributed by atoms with Gasteiger partial charge in [0.05, 0.1) is 41.8 Å². The van der Waals surface area contributed by atoms with Crippen molar-refractivity contribution in [1.82, 2.24) is 26.6 Å². The molecule has 0 radical (unpaired) electrons. The molecule has 0 aromatic carbocycles. The van der Waals surface area contributed by atoms with Crippen molar-refractivity contribution in [1.29, 1.82) is 0 Å². The van der Waals surface area contributed by atoms with Crippen LogP contribution in [0.5, 0.6) is 0 Å². The van der Waals surface area contributed by atoms with Crippen molar-refractivity contribution >= 4 is 75.8 Å². The lowest BCUT2D eigenvalue weighted by molar-refractivity contribution is -0.140. The van der Waals surface area contributed by atoms with Crippen LogP contribution in [0.3, 0.4) is 0 Å². The Morgan fingerprint density at radius 3 is 1.98 bits per heavy atom. The summed E-state index contributed by atoms with van der Waals surface area (Å²) in [5.41, 5.74) is 12.1. The molecule has 18 heteroatoms. The summed E-state index contributed by atoms with van der Waals surface area (Å²) in [5, 5.41) is 23.5. The Morgan fingerprint density at radius 2 is 1.48 bits per heavy atom. The van der Waals surface area contributed by atoms with Gasteiger partial charge in [-0.15, -0.1) is 0 Å². The van der Waals surface area contributed by atoms with Crippen LogP contribution in [-0.2, 0) is 23.9 Å². The number of rotatable bonds is 19. The number of thioether (sulfide) groups is 2. The molecule has 15 nitrogen and oxygen atoms in total. The van der Waals surface area contributed by atoms with Crippen LogP contribution in [0.15, 0.2) is 0 Å². The second-order valence-electron chi connectivity index (χ2n) is 11.7. The molecule has 5 amide bonds. The minimum absolute atomic E-state index is 0.0640. The van der Waals surface area contributed by atoms with Crippen LogP contribution in [0.4, 0.5) is 9.59 Å². The summed E-state index contributed by atoms with van der Waals surface area (Å²) in [4.78, 5) is 57.5. The van der Waals surface area contributed by atoms with Crippen LogP contribution < -0.4 is 38.1 Å². The minimum atomic E-state index is -1.79. The average Bonchev–Trinajstić information content (AvgIpc) is 3.75. The lowest BCUT2D eigenvalue weighted by Gasteiger charge is -2.33. The summed E-state index contributed by atoms with van der Waals surface area (Å²) in [5.74, 6) is -1.27. The van der Waals surface area contributed by atoms with Crippen molar-refractivity contribution < 1.29 is 38.6 Å². The Balaban J connectivity index is 0.000000300. The molecule has 0 saturated carbocycles. The normalized spacial score (nSPS) is 26.9. The number of amides is 5. The van der Waals surface area contributed by atoms with Gasteiger partial charge in [-0.2, -0.15) is 23.5 Å². The van der Waals surface area contributed by atoms with Crippen molar-refractivity contribution in [3.05, 3.63) is 0 Å². The monoisotopic (exact) mass is 801 g/mol. The standard InChI is InChI=1S/C18H32IN5O5S.C10H16N2O3S/c1-2-28-7-8-29-16(18(20,21)24-14(26)9-19)12(25)5-3-4-6-13-15-11(10-30-13)22-17(27)23-15;13-8(14)4-2-1-3-7-9-6(5-16-7)11-10(15)12-9/h11,13,15-16H,2-10,20-21H2,1H3,(H,24,26)(H2,22,23,27);6-7,9H,1-5H2,(H,13,14)(H2,11,12,15)/t11-,13-,15-,16?;6-,7-,9-/m00/s1. The van der Waals surface area contributed by atoms with Gasteiger partial charge in [-0.3, -0.25) is 25.9 Å². The van der Waals surface area contributed by atoms with Crippen LogP contribution in [0.2, 0.25) is 0 Å². The number of carbonyl (C=O) groups is 5.